The van der Waals surface area contributed by atoms with Gasteiger partial charge in [0.25, 0.3) is 0 Å². The lowest BCUT2D eigenvalue weighted by Gasteiger charge is -2.33. The normalized spacial score (nSPS) is 26.7. The zero-order valence-corrected chi connectivity index (χ0v) is 13.2. The number of carbonyl (C=O) groups is 2. The lowest BCUT2D eigenvalue weighted by molar-refractivity contribution is -0.130. The predicted molar refractivity (Wildman–Crippen MR) is 80.9 cm³/mol. The molecule has 3 rings (SSSR count). The van der Waals surface area contributed by atoms with Gasteiger partial charge in [0.2, 0.25) is 11.8 Å². The van der Waals surface area contributed by atoms with Crippen molar-refractivity contribution >= 4 is 11.8 Å². The molecular formula is C16H23N3O3. The van der Waals surface area contributed by atoms with Crippen molar-refractivity contribution in [3.63, 3.8) is 0 Å². The van der Waals surface area contributed by atoms with Crippen molar-refractivity contribution in [2.24, 2.45) is 5.41 Å². The minimum Gasteiger partial charge on any atom is -0.472 e. The molecule has 2 aliphatic heterocycles. The first-order valence-corrected chi connectivity index (χ1v) is 7.70. The van der Waals surface area contributed by atoms with Gasteiger partial charge in [-0.15, -0.1) is 0 Å². The van der Waals surface area contributed by atoms with Crippen LogP contribution in [0.25, 0.3) is 0 Å². The van der Waals surface area contributed by atoms with E-state index in [-0.39, 0.29) is 17.2 Å². The molecule has 120 valence electrons. The molecular weight excluding hydrogens is 282 g/mol. The molecule has 22 heavy (non-hydrogen) atoms. The van der Waals surface area contributed by atoms with Crippen LogP contribution in [-0.2, 0) is 16.1 Å². The van der Waals surface area contributed by atoms with E-state index in [1.54, 1.807) is 24.3 Å². The summed E-state index contributed by atoms with van der Waals surface area (Å²) in [5.41, 5.74) is 0.974. The zero-order valence-electron chi connectivity index (χ0n) is 13.2. The lowest BCUT2D eigenvalue weighted by Crippen LogP contribution is -2.43. The highest BCUT2D eigenvalue weighted by Gasteiger charge is 2.45. The second-order valence-corrected chi connectivity index (χ2v) is 6.71. The van der Waals surface area contributed by atoms with Gasteiger partial charge in [-0.2, -0.15) is 0 Å². The van der Waals surface area contributed by atoms with E-state index in [4.69, 9.17) is 4.42 Å². The topological polar surface area (TPSA) is 57.0 Å². The molecule has 0 saturated carbocycles. The summed E-state index contributed by atoms with van der Waals surface area (Å²) >= 11 is 0. The number of carbonyl (C=O) groups excluding carboxylic acids is 2. The van der Waals surface area contributed by atoms with Crippen LogP contribution < -0.4 is 0 Å². The SMILES string of the molecule is CC(=O)N1CCN(Cc2ccoc2)C[C@]2(CC(=O)N(C)C2)C1. The standard InChI is InChI=1S/C16H23N3O3/c1-13(20)19-5-4-18(8-14-3-6-22-9-14)11-16(12-19)7-15(21)17(2)10-16/h3,6,9H,4-5,7-8,10-12H2,1-2H3/t16-/m1/s1. The molecule has 0 radical (unpaired) electrons. The number of furan rings is 1. The van der Waals surface area contributed by atoms with Crippen molar-refractivity contribution in [1.29, 1.82) is 0 Å². The highest BCUT2D eigenvalue weighted by molar-refractivity contribution is 5.79. The molecule has 6 nitrogen and oxygen atoms in total. The van der Waals surface area contributed by atoms with E-state index in [9.17, 15) is 9.59 Å². The number of rotatable bonds is 2. The number of nitrogens with zero attached hydrogens (tertiary/aromatic N) is 3. The summed E-state index contributed by atoms with van der Waals surface area (Å²) in [7, 11) is 1.85. The lowest BCUT2D eigenvalue weighted by atomic mass is 9.86. The monoisotopic (exact) mass is 305 g/mol. The van der Waals surface area contributed by atoms with E-state index in [0.29, 0.717) is 19.5 Å². The number of amides is 2. The van der Waals surface area contributed by atoms with E-state index < -0.39 is 0 Å². The second-order valence-electron chi connectivity index (χ2n) is 6.71. The predicted octanol–water partition coefficient (Wildman–Crippen LogP) is 0.792. The van der Waals surface area contributed by atoms with E-state index in [2.05, 4.69) is 4.90 Å². The molecule has 1 aromatic rings. The Morgan fingerprint density at radius 3 is 2.73 bits per heavy atom. The summed E-state index contributed by atoms with van der Waals surface area (Å²) in [5.74, 6) is 0.264. The molecule has 2 aliphatic rings. The largest absolute Gasteiger partial charge is 0.472 e. The third-order valence-corrected chi connectivity index (χ3v) is 4.73. The van der Waals surface area contributed by atoms with Crippen molar-refractivity contribution in [2.45, 2.75) is 19.9 Å². The Bertz CT molecular complexity index is 557. The molecule has 0 unspecified atom stereocenters. The van der Waals surface area contributed by atoms with Crippen molar-refractivity contribution < 1.29 is 14.0 Å². The van der Waals surface area contributed by atoms with Gasteiger partial charge in [0.1, 0.15) is 0 Å². The number of hydrogen-bond acceptors (Lipinski definition) is 4. The summed E-state index contributed by atoms with van der Waals surface area (Å²) in [5, 5.41) is 0. The Kier molecular flexibility index (Phi) is 3.95. The van der Waals surface area contributed by atoms with Crippen molar-refractivity contribution in [3.05, 3.63) is 24.2 Å². The van der Waals surface area contributed by atoms with Crippen LogP contribution in [0.15, 0.2) is 23.0 Å². The van der Waals surface area contributed by atoms with Gasteiger partial charge in [-0.25, -0.2) is 0 Å². The first kappa shape index (κ1) is 15.1. The van der Waals surface area contributed by atoms with Crippen LogP contribution in [0.2, 0.25) is 0 Å². The van der Waals surface area contributed by atoms with Crippen LogP contribution in [0.5, 0.6) is 0 Å². The molecule has 1 aromatic heterocycles. The van der Waals surface area contributed by atoms with E-state index in [0.717, 1.165) is 31.7 Å². The average Bonchev–Trinajstić information content (AvgIpc) is 2.98. The maximum Gasteiger partial charge on any atom is 0.223 e. The van der Waals surface area contributed by atoms with Crippen molar-refractivity contribution in [2.75, 3.05) is 39.8 Å². The molecule has 2 saturated heterocycles. The quantitative estimate of drug-likeness (QED) is 0.811. The fourth-order valence-electron chi connectivity index (χ4n) is 3.71. The molecule has 3 heterocycles. The van der Waals surface area contributed by atoms with Crippen molar-refractivity contribution in [3.8, 4) is 0 Å². The van der Waals surface area contributed by atoms with Gasteiger partial charge < -0.3 is 14.2 Å². The Balaban J connectivity index is 1.80. The molecule has 2 amide bonds. The van der Waals surface area contributed by atoms with Crippen LogP contribution in [-0.4, -0.2) is 66.3 Å². The molecule has 6 heteroatoms. The van der Waals surface area contributed by atoms with Gasteiger partial charge in [0.05, 0.1) is 12.5 Å². The summed E-state index contributed by atoms with van der Waals surface area (Å²) in [6.07, 6.45) is 3.96. The maximum absolute atomic E-state index is 12.0. The zero-order chi connectivity index (χ0) is 15.7. The fraction of sp³-hybridized carbons (Fsp3) is 0.625. The van der Waals surface area contributed by atoms with Gasteiger partial charge in [-0.05, 0) is 6.07 Å². The Labute approximate surface area is 130 Å². The Morgan fingerprint density at radius 1 is 1.32 bits per heavy atom. The molecule has 0 aromatic carbocycles. The average molecular weight is 305 g/mol. The van der Waals surface area contributed by atoms with Crippen LogP contribution in [0.4, 0.5) is 0 Å². The van der Waals surface area contributed by atoms with Crippen LogP contribution >= 0.6 is 0 Å². The van der Waals surface area contributed by atoms with E-state index >= 15 is 0 Å². The van der Waals surface area contributed by atoms with Crippen LogP contribution in [0.1, 0.15) is 18.9 Å². The number of likely N-dealkylation sites (tertiary alicyclic amines) is 1. The molecule has 0 aliphatic carbocycles. The molecule has 0 bridgehead atoms. The van der Waals surface area contributed by atoms with Gasteiger partial charge in [0, 0.05) is 70.6 Å². The first-order chi connectivity index (χ1) is 10.5. The Morgan fingerprint density at radius 2 is 2.14 bits per heavy atom. The van der Waals surface area contributed by atoms with E-state index in [1.165, 1.54) is 0 Å². The molecule has 1 atom stereocenters. The minimum atomic E-state index is -0.155. The van der Waals surface area contributed by atoms with Crippen LogP contribution in [0.3, 0.4) is 0 Å². The maximum atomic E-state index is 12.0. The van der Waals surface area contributed by atoms with Crippen molar-refractivity contribution in [1.82, 2.24) is 14.7 Å². The molecule has 2 fully saturated rings. The van der Waals surface area contributed by atoms with E-state index in [1.807, 2.05) is 18.0 Å². The van der Waals surface area contributed by atoms with Gasteiger partial charge in [-0.3, -0.25) is 14.5 Å². The van der Waals surface area contributed by atoms with Gasteiger partial charge in [-0.1, -0.05) is 0 Å². The minimum absolute atomic E-state index is 0.0894. The Hall–Kier alpha value is -1.82. The highest BCUT2D eigenvalue weighted by atomic mass is 16.3. The summed E-state index contributed by atoms with van der Waals surface area (Å²) in [6.45, 7) is 6.16. The third kappa shape index (κ3) is 3.02. The summed E-state index contributed by atoms with van der Waals surface area (Å²) in [6, 6.07) is 1.96. The smallest absolute Gasteiger partial charge is 0.223 e. The number of hydrogen-bond donors (Lipinski definition) is 0. The summed E-state index contributed by atoms with van der Waals surface area (Å²) in [4.78, 5) is 29.9. The third-order valence-electron chi connectivity index (χ3n) is 4.73. The molecule has 1 spiro atoms. The van der Waals surface area contributed by atoms with Gasteiger partial charge >= 0.3 is 0 Å². The highest BCUT2D eigenvalue weighted by Crippen LogP contribution is 2.34. The second kappa shape index (κ2) is 5.76. The summed E-state index contributed by atoms with van der Waals surface area (Å²) < 4.78 is 5.14. The van der Waals surface area contributed by atoms with Crippen LogP contribution in [0, 0.1) is 5.41 Å². The first-order valence-electron chi connectivity index (χ1n) is 7.70. The fourth-order valence-corrected chi connectivity index (χ4v) is 3.71. The van der Waals surface area contributed by atoms with Gasteiger partial charge in [0.15, 0.2) is 0 Å². The molecule has 0 N–H and O–H groups in total.